The highest BCUT2D eigenvalue weighted by molar-refractivity contribution is 7.89. The number of benzene rings is 1. The zero-order valence-corrected chi connectivity index (χ0v) is 20.2. The minimum atomic E-state index is -3.41. The van der Waals surface area contributed by atoms with Crippen LogP contribution in [0.3, 0.4) is 0 Å². The molecule has 7 nitrogen and oxygen atoms in total. The van der Waals surface area contributed by atoms with Gasteiger partial charge in [0.25, 0.3) is 0 Å². The predicted molar refractivity (Wildman–Crippen MR) is 134 cm³/mol. The van der Waals surface area contributed by atoms with Crippen molar-refractivity contribution in [1.29, 1.82) is 0 Å². The molecule has 174 valence electrons. The van der Waals surface area contributed by atoms with E-state index in [0.29, 0.717) is 18.0 Å². The van der Waals surface area contributed by atoms with Gasteiger partial charge in [-0.1, -0.05) is 18.2 Å². The number of thiophene rings is 1. The van der Waals surface area contributed by atoms with E-state index in [9.17, 15) is 8.42 Å². The van der Waals surface area contributed by atoms with Gasteiger partial charge in [-0.25, -0.2) is 13.4 Å². The van der Waals surface area contributed by atoms with Crippen LogP contribution < -0.4 is 5.32 Å². The number of hydrogen-bond acceptors (Lipinski definition) is 6. The first-order valence-electron chi connectivity index (χ1n) is 11.5. The van der Waals surface area contributed by atoms with Crippen LogP contribution in [-0.2, 0) is 23.0 Å². The third-order valence-electron chi connectivity index (χ3n) is 6.54. The van der Waals surface area contributed by atoms with Crippen molar-refractivity contribution in [3.63, 3.8) is 0 Å². The number of nitrogens with zero attached hydrogens (tertiary/aromatic N) is 4. The van der Waals surface area contributed by atoms with E-state index in [2.05, 4.69) is 27.8 Å². The van der Waals surface area contributed by atoms with Crippen molar-refractivity contribution in [3.05, 3.63) is 71.9 Å². The number of pyridine rings is 1. The van der Waals surface area contributed by atoms with Crippen molar-refractivity contribution in [2.75, 3.05) is 18.4 Å². The van der Waals surface area contributed by atoms with Crippen molar-refractivity contribution in [1.82, 2.24) is 19.1 Å². The Morgan fingerprint density at radius 2 is 1.88 bits per heavy atom. The zero-order chi connectivity index (χ0) is 23.1. The third kappa shape index (κ3) is 3.93. The maximum atomic E-state index is 12.9. The van der Waals surface area contributed by atoms with Crippen LogP contribution in [0.25, 0.3) is 21.7 Å². The lowest BCUT2D eigenvalue weighted by Gasteiger charge is -2.16. The lowest BCUT2D eigenvalue weighted by molar-refractivity contribution is 0.477. The first kappa shape index (κ1) is 21.5. The van der Waals surface area contributed by atoms with E-state index < -0.39 is 10.0 Å². The van der Waals surface area contributed by atoms with Crippen LogP contribution in [0, 0.1) is 0 Å². The molecule has 0 spiro atoms. The summed E-state index contributed by atoms with van der Waals surface area (Å²) in [5, 5.41) is 10.3. The van der Waals surface area contributed by atoms with Crippen LogP contribution in [-0.4, -0.2) is 46.6 Å². The molecule has 0 aliphatic carbocycles. The molecule has 2 aliphatic heterocycles. The molecule has 1 atom stereocenters. The average Bonchev–Trinajstić information content (AvgIpc) is 3.65. The van der Waals surface area contributed by atoms with Gasteiger partial charge in [-0.3, -0.25) is 4.68 Å². The van der Waals surface area contributed by atoms with Crippen molar-refractivity contribution in [2.24, 2.45) is 0 Å². The van der Waals surface area contributed by atoms with E-state index in [1.807, 2.05) is 35.1 Å². The summed E-state index contributed by atoms with van der Waals surface area (Å²) in [6.45, 7) is 1.97. The first-order chi connectivity index (χ1) is 16.6. The van der Waals surface area contributed by atoms with E-state index in [1.54, 1.807) is 34.0 Å². The molecule has 9 heteroatoms. The van der Waals surface area contributed by atoms with Crippen LogP contribution in [0.4, 0.5) is 5.82 Å². The van der Waals surface area contributed by atoms with Gasteiger partial charge in [0.2, 0.25) is 10.0 Å². The minimum Gasteiger partial charge on any atom is -0.365 e. The summed E-state index contributed by atoms with van der Waals surface area (Å²) in [7, 11) is -3.41. The Hall–Kier alpha value is -3.01. The first-order valence-corrected chi connectivity index (χ1v) is 13.8. The molecule has 0 amide bonds. The van der Waals surface area contributed by atoms with E-state index in [-0.39, 0.29) is 6.04 Å². The van der Waals surface area contributed by atoms with Crippen LogP contribution >= 0.6 is 11.3 Å². The highest BCUT2D eigenvalue weighted by atomic mass is 32.2. The molecule has 5 heterocycles. The zero-order valence-electron chi connectivity index (χ0n) is 18.6. The van der Waals surface area contributed by atoms with Gasteiger partial charge >= 0.3 is 0 Å². The second-order valence-corrected chi connectivity index (χ2v) is 11.7. The van der Waals surface area contributed by atoms with E-state index in [4.69, 9.17) is 5.10 Å². The van der Waals surface area contributed by atoms with Crippen LogP contribution in [0.15, 0.2) is 71.2 Å². The summed E-state index contributed by atoms with van der Waals surface area (Å²) in [6, 6.07) is 15.6. The number of aromatic nitrogens is 3. The molecule has 0 bridgehead atoms. The lowest BCUT2D eigenvalue weighted by atomic mass is 9.99. The molecule has 34 heavy (non-hydrogen) atoms. The lowest BCUT2D eigenvalue weighted by Crippen LogP contribution is -2.27. The number of anilines is 1. The summed E-state index contributed by atoms with van der Waals surface area (Å²) in [5.41, 5.74) is 4.24. The van der Waals surface area contributed by atoms with Crippen molar-refractivity contribution < 1.29 is 8.42 Å². The van der Waals surface area contributed by atoms with Crippen molar-refractivity contribution in [2.45, 2.75) is 36.7 Å². The summed E-state index contributed by atoms with van der Waals surface area (Å²) in [4.78, 5) is 6.08. The smallest absolute Gasteiger partial charge is 0.243 e. The van der Waals surface area contributed by atoms with Crippen LogP contribution in [0.2, 0.25) is 0 Å². The van der Waals surface area contributed by atoms with Crippen molar-refractivity contribution in [3.8, 4) is 21.7 Å². The third-order valence-corrected chi connectivity index (χ3v) is 9.34. The van der Waals surface area contributed by atoms with Gasteiger partial charge in [-0.2, -0.15) is 9.40 Å². The molecule has 1 aromatic carbocycles. The number of rotatable bonds is 6. The minimum absolute atomic E-state index is 0.189. The Labute approximate surface area is 203 Å². The van der Waals surface area contributed by atoms with E-state index >= 15 is 0 Å². The fraction of sp³-hybridized carbons (Fsp3) is 0.280. The summed E-state index contributed by atoms with van der Waals surface area (Å²) in [5.74, 6) is 0.891. The second-order valence-electron chi connectivity index (χ2n) is 8.77. The largest absolute Gasteiger partial charge is 0.365 e. The van der Waals surface area contributed by atoms with Gasteiger partial charge in [0.15, 0.2) is 0 Å². The second kappa shape index (κ2) is 8.65. The van der Waals surface area contributed by atoms with Gasteiger partial charge < -0.3 is 5.32 Å². The molecule has 0 radical (unpaired) electrons. The van der Waals surface area contributed by atoms with Crippen molar-refractivity contribution >= 4 is 27.2 Å². The van der Waals surface area contributed by atoms with Gasteiger partial charge in [0, 0.05) is 31.0 Å². The topological polar surface area (TPSA) is 80.1 Å². The van der Waals surface area contributed by atoms with Crippen LogP contribution in [0.5, 0.6) is 0 Å². The summed E-state index contributed by atoms with van der Waals surface area (Å²) < 4.78 is 29.3. The highest BCUT2D eigenvalue weighted by Crippen LogP contribution is 2.34. The van der Waals surface area contributed by atoms with E-state index in [0.717, 1.165) is 54.0 Å². The molecule has 2 aliphatic rings. The average molecular weight is 492 g/mol. The molecule has 4 aromatic rings. The predicted octanol–water partition coefficient (Wildman–Crippen LogP) is 4.49. The number of nitrogens with one attached hydrogen (secondary N) is 1. The van der Waals surface area contributed by atoms with Crippen LogP contribution in [0.1, 0.15) is 18.4 Å². The molecule has 1 N–H and O–H groups in total. The Kier molecular flexibility index (Phi) is 5.47. The number of fused-ring (bicyclic) bond motifs is 1. The summed E-state index contributed by atoms with van der Waals surface area (Å²) in [6.07, 6.45) is 6.53. The normalized spacial score (nSPS) is 18.2. The molecule has 1 unspecified atom stereocenters. The molecular weight excluding hydrogens is 466 g/mol. The number of hydrogen-bond donors (Lipinski definition) is 1. The quantitative estimate of drug-likeness (QED) is 0.430. The SMILES string of the molecule is O=S(=O)(c1ccc(-c2ccnc3c2CC(Cn2ccc(-c4cccs4)n2)N3)cc1)N1CCCC1. The Balaban J connectivity index is 1.20. The Morgan fingerprint density at radius 1 is 1.06 bits per heavy atom. The molecule has 0 saturated carbocycles. The van der Waals surface area contributed by atoms with Gasteiger partial charge in [0.05, 0.1) is 22.4 Å². The molecule has 6 rings (SSSR count). The maximum absolute atomic E-state index is 12.9. The molecule has 1 saturated heterocycles. The fourth-order valence-electron chi connectivity index (χ4n) is 4.82. The Bertz CT molecular complexity index is 1410. The maximum Gasteiger partial charge on any atom is 0.243 e. The molecular formula is C25H25N5O2S2. The van der Waals surface area contributed by atoms with Gasteiger partial charge in [-0.05, 0) is 66.1 Å². The van der Waals surface area contributed by atoms with Gasteiger partial charge in [-0.15, -0.1) is 11.3 Å². The van der Waals surface area contributed by atoms with Gasteiger partial charge in [0.1, 0.15) is 11.5 Å². The molecule has 3 aromatic heterocycles. The monoisotopic (exact) mass is 491 g/mol. The van der Waals surface area contributed by atoms with E-state index in [1.165, 1.54) is 4.88 Å². The fourth-order valence-corrected chi connectivity index (χ4v) is 7.03. The summed E-state index contributed by atoms with van der Waals surface area (Å²) >= 11 is 1.69. The highest BCUT2D eigenvalue weighted by Gasteiger charge is 2.28. The number of sulfonamides is 1. The standard InChI is InChI=1S/C25H25N5O2S2/c31-34(32,30-12-1-2-13-30)20-7-5-18(6-8-20)21-9-11-26-25-22(21)16-19(27-25)17-29-14-10-23(28-29)24-4-3-15-33-24/h3-11,14-15,19H,1-2,12-13,16-17H2,(H,26,27). The molecule has 1 fully saturated rings. The Morgan fingerprint density at radius 3 is 2.65 bits per heavy atom.